The molecule has 1 heterocycles. The maximum Gasteiger partial charge on any atom is 0.240 e. The summed E-state index contributed by atoms with van der Waals surface area (Å²) in [6.07, 6.45) is 0.760. The Morgan fingerprint density at radius 1 is 1.18 bits per heavy atom. The Hall–Kier alpha value is -2.13. The molecule has 1 saturated heterocycles. The lowest BCUT2D eigenvalue weighted by molar-refractivity contribution is 0.201. The molecule has 1 atom stereocenters. The summed E-state index contributed by atoms with van der Waals surface area (Å²) in [7, 11) is -2.01. The Kier molecular flexibility index (Phi) is 6.90. The van der Waals surface area contributed by atoms with Crippen molar-refractivity contribution in [2.75, 3.05) is 33.4 Å². The van der Waals surface area contributed by atoms with Crippen LogP contribution in [0.25, 0.3) is 0 Å². The number of hydrogen-bond acceptors (Lipinski definition) is 6. The van der Waals surface area contributed by atoms with E-state index in [4.69, 9.17) is 14.6 Å². The lowest BCUT2D eigenvalue weighted by Gasteiger charge is -2.17. The third-order valence-electron chi connectivity index (χ3n) is 4.63. The van der Waals surface area contributed by atoms with Gasteiger partial charge in [-0.15, -0.1) is 0 Å². The number of nitrogens with one attached hydrogen (secondary N) is 1. The van der Waals surface area contributed by atoms with Gasteiger partial charge in [-0.25, -0.2) is 13.1 Å². The number of likely N-dealkylation sites (tertiary alicyclic amines) is 1. The average Bonchev–Trinajstić information content (AvgIpc) is 3.12. The SMILES string of the molecule is COc1ccc(S(=O)(=O)N[C@@H]2CCN(Cc3cccc(OCCO)c3)C2)cc1. The van der Waals surface area contributed by atoms with Crippen LogP contribution >= 0.6 is 0 Å². The van der Waals surface area contributed by atoms with Crippen LogP contribution in [0.5, 0.6) is 11.5 Å². The van der Waals surface area contributed by atoms with Crippen molar-refractivity contribution >= 4 is 10.0 Å². The molecule has 1 fully saturated rings. The number of aliphatic hydroxyl groups excluding tert-OH is 1. The van der Waals surface area contributed by atoms with Crippen molar-refractivity contribution in [3.63, 3.8) is 0 Å². The summed E-state index contributed by atoms with van der Waals surface area (Å²) < 4.78 is 38.5. The Labute approximate surface area is 165 Å². The molecular weight excluding hydrogens is 380 g/mol. The first-order valence-electron chi connectivity index (χ1n) is 9.21. The van der Waals surface area contributed by atoms with Crippen LogP contribution in [-0.4, -0.2) is 57.9 Å². The largest absolute Gasteiger partial charge is 0.497 e. The molecule has 0 spiro atoms. The smallest absolute Gasteiger partial charge is 0.240 e. The van der Waals surface area contributed by atoms with Gasteiger partial charge >= 0.3 is 0 Å². The highest BCUT2D eigenvalue weighted by atomic mass is 32.2. The Morgan fingerprint density at radius 3 is 2.68 bits per heavy atom. The monoisotopic (exact) mass is 406 g/mol. The Bertz CT molecular complexity index is 870. The van der Waals surface area contributed by atoms with Crippen LogP contribution in [-0.2, 0) is 16.6 Å². The third-order valence-corrected chi connectivity index (χ3v) is 6.16. The van der Waals surface area contributed by atoms with Crippen molar-refractivity contribution in [1.82, 2.24) is 9.62 Å². The molecule has 0 aliphatic carbocycles. The first-order valence-corrected chi connectivity index (χ1v) is 10.7. The number of sulfonamides is 1. The number of ether oxygens (including phenoxy) is 2. The highest BCUT2D eigenvalue weighted by molar-refractivity contribution is 7.89. The highest BCUT2D eigenvalue weighted by Gasteiger charge is 2.27. The van der Waals surface area contributed by atoms with Gasteiger partial charge < -0.3 is 14.6 Å². The third kappa shape index (κ3) is 5.45. The molecule has 28 heavy (non-hydrogen) atoms. The van der Waals surface area contributed by atoms with E-state index in [1.807, 2.05) is 24.3 Å². The second kappa shape index (κ2) is 9.38. The summed E-state index contributed by atoms with van der Waals surface area (Å²) in [6, 6.07) is 14.0. The van der Waals surface area contributed by atoms with Gasteiger partial charge in [0.15, 0.2) is 0 Å². The van der Waals surface area contributed by atoms with E-state index < -0.39 is 10.0 Å². The maximum atomic E-state index is 12.6. The molecule has 1 aliphatic rings. The summed E-state index contributed by atoms with van der Waals surface area (Å²) in [5.41, 5.74) is 1.09. The van der Waals surface area contributed by atoms with Gasteiger partial charge in [0.2, 0.25) is 10.0 Å². The second-order valence-electron chi connectivity index (χ2n) is 6.74. The van der Waals surface area contributed by atoms with Crippen LogP contribution in [0.2, 0.25) is 0 Å². The van der Waals surface area contributed by atoms with E-state index >= 15 is 0 Å². The fraction of sp³-hybridized carbons (Fsp3) is 0.400. The van der Waals surface area contributed by atoms with Gasteiger partial charge in [-0.2, -0.15) is 0 Å². The quantitative estimate of drug-likeness (QED) is 0.658. The number of rotatable bonds is 9. The molecule has 0 radical (unpaired) electrons. The standard InChI is InChI=1S/C20H26N2O5S/c1-26-18-5-7-20(8-6-18)28(24,25)21-17-9-10-22(15-17)14-16-3-2-4-19(13-16)27-12-11-23/h2-8,13,17,21,23H,9-12,14-15H2,1H3/t17-/m1/s1. The van der Waals surface area contributed by atoms with Gasteiger partial charge in [0.1, 0.15) is 18.1 Å². The Balaban J connectivity index is 1.56. The molecule has 2 aromatic carbocycles. The zero-order valence-electron chi connectivity index (χ0n) is 15.9. The lowest BCUT2D eigenvalue weighted by Crippen LogP contribution is -2.36. The van der Waals surface area contributed by atoms with Crippen molar-refractivity contribution in [2.24, 2.45) is 0 Å². The van der Waals surface area contributed by atoms with Crippen molar-refractivity contribution in [2.45, 2.75) is 23.9 Å². The fourth-order valence-electron chi connectivity index (χ4n) is 3.27. The first-order chi connectivity index (χ1) is 13.5. The van der Waals surface area contributed by atoms with Crippen molar-refractivity contribution in [1.29, 1.82) is 0 Å². The van der Waals surface area contributed by atoms with Crippen LogP contribution in [0.3, 0.4) is 0 Å². The Morgan fingerprint density at radius 2 is 1.96 bits per heavy atom. The van der Waals surface area contributed by atoms with E-state index in [-0.39, 0.29) is 24.2 Å². The highest BCUT2D eigenvalue weighted by Crippen LogP contribution is 2.20. The predicted molar refractivity (Wildman–Crippen MR) is 106 cm³/mol. The van der Waals surface area contributed by atoms with Crippen LogP contribution in [0.1, 0.15) is 12.0 Å². The molecule has 0 saturated carbocycles. The average molecular weight is 407 g/mol. The molecule has 2 aromatic rings. The van der Waals surface area contributed by atoms with Gasteiger partial charge in [-0.05, 0) is 48.4 Å². The molecule has 0 bridgehead atoms. The zero-order chi connectivity index (χ0) is 20.0. The van der Waals surface area contributed by atoms with Crippen molar-refractivity contribution < 1.29 is 23.0 Å². The molecule has 0 aromatic heterocycles. The minimum atomic E-state index is -3.56. The van der Waals surface area contributed by atoms with Crippen molar-refractivity contribution in [3.05, 3.63) is 54.1 Å². The van der Waals surface area contributed by atoms with Gasteiger partial charge in [-0.1, -0.05) is 12.1 Å². The van der Waals surface area contributed by atoms with E-state index in [0.717, 1.165) is 30.8 Å². The molecule has 8 heteroatoms. The second-order valence-corrected chi connectivity index (χ2v) is 8.45. The number of benzene rings is 2. The lowest BCUT2D eigenvalue weighted by atomic mass is 10.2. The van der Waals surface area contributed by atoms with Crippen molar-refractivity contribution in [3.8, 4) is 11.5 Å². The normalized spacial score (nSPS) is 17.6. The summed E-state index contributed by atoms with van der Waals surface area (Å²) in [4.78, 5) is 2.45. The van der Waals surface area contributed by atoms with E-state index in [1.165, 1.54) is 0 Å². The molecule has 0 amide bonds. The van der Waals surface area contributed by atoms with Crippen LogP contribution in [0.15, 0.2) is 53.4 Å². The number of aliphatic hydroxyl groups is 1. The van der Waals surface area contributed by atoms with Gasteiger partial charge in [0.25, 0.3) is 0 Å². The van der Waals surface area contributed by atoms with Gasteiger partial charge in [0.05, 0.1) is 18.6 Å². The predicted octanol–water partition coefficient (Wildman–Crippen LogP) is 1.62. The number of nitrogens with zero attached hydrogens (tertiary/aromatic N) is 1. The maximum absolute atomic E-state index is 12.6. The van der Waals surface area contributed by atoms with Crippen LogP contribution in [0, 0.1) is 0 Å². The minimum Gasteiger partial charge on any atom is -0.497 e. The molecule has 7 nitrogen and oxygen atoms in total. The molecule has 2 N–H and O–H groups in total. The van der Waals surface area contributed by atoms with E-state index in [9.17, 15) is 8.42 Å². The minimum absolute atomic E-state index is 0.0215. The molecular formula is C20H26N2O5S. The molecule has 3 rings (SSSR count). The molecule has 0 unspecified atom stereocenters. The first kappa shape index (κ1) is 20.6. The molecule has 152 valence electrons. The number of methoxy groups -OCH3 is 1. The van der Waals surface area contributed by atoms with E-state index in [2.05, 4.69) is 9.62 Å². The summed E-state index contributed by atoms with van der Waals surface area (Å²) in [5.74, 6) is 1.35. The van der Waals surface area contributed by atoms with Gasteiger partial charge in [-0.3, -0.25) is 4.90 Å². The topological polar surface area (TPSA) is 88.1 Å². The summed E-state index contributed by atoms with van der Waals surface area (Å²) in [6.45, 7) is 2.43. The van der Waals surface area contributed by atoms with Crippen LogP contribution in [0.4, 0.5) is 0 Å². The van der Waals surface area contributed by atoms with E-state index in [1.54, 1.807) is 31.4 Å². The van der Waals surface area contributed by atoms with Crippen LogP contribution < -0.4 is 14.2 Å². The summed E-state index contributed by atoms with van der Waals surface area (Å²) in [5, 5.41) is 8.86. The number of hydrogen-bond donors (Lipinski definition) is 2. The summed E-state index contributed by atoms with van der Waals surface area (Å²) >= 11 is 0. The molecule has 1 aliphatic heterocycles. The van der Waals surface area contributed by atoms with Gasteiger partial charge in [0, 0.05) is 25.7 Å². The zero-order valence-corrected chi connectivity index (χ0v) is 16.7. The van der Waals surface area contributed by atoms with E-state index in [0.29, 0.717) is 12.3 Å². The fourth-order valence-corrected chi connectivity index (χ4v) is 4.53.